The van der Waals surface area contributed by atoms with Gasteiger partial charge in [-0.25, -0.2) is 4.79 Å². The summed E-state index contributed by atoms with van der Waals surface area (Å²) >= 11 is 1.43. The lowest BCUT2D eigenvalue weighted by atomic mass is 10.1. The zero-order valence-electron chi connectivity index (χ0n) is 15.3. The van der Waals surface area contributed by atoms with Crippen molar-refractivity contribution in [3.05, 3.63) is 51.2 Å². The third-order valence-electron chi connectivity index (χ3n) is 4.32. The highest BCUT2D eigenvalue weighted by molar-refractivity contribution is 7.14. The van der Waals surface area contributed by atoms with Crippen LogP contribution in [0.15, 0.2) is 30.3 Å². The van der Waals surface area contributed by atoms with E-state index in [9.17, 15) is 14.4 Å². The van der Waals surface area contributed by atoms with Gasteiger partial charge in [0, 0.05) is 42.3 Å². The average molecular weight is 386 g/mol. The molecule has 2 aromatic rings. The molecule has 1 saturated heterocycles. The number of urea groups is 1. The van der Waals surface area contributed by atoms with Crippen molar-refractivity contribution in [2.45, 2.75) is 13.8 Å². The minimum absolute atomic E-state index is 0.103. The van der Waals surface area contributed by atoms with Crippen molar-refractivity contribution in [1.29, 1.82) is 0 Å². The first kappa shape index (κ1) is 18.9. The molecule has 8 heteroatoms. The first-order chi connectivity index (χ1) is 12.9. The summed E-state index contributed by atoms with van der Waals surface area (Å²) in [6, 6.07) is 8.78. The number of benzene rings is 1. The minimum Gasteiger partial charge on any atom is -0.350 e. The molecular weight excluding hydrogens is 364 g/mol. The topological polar surface area (TPSA) is 90.5 Å². The van der Waals surface area contributed by atoms with Gasteiger partial charge in [-0.05, 0) is 43.7 Å². The molecule has 1 aromatic heterocycles. The van der Waals surface area contributed by atoms with E-state index in [1.54, 1.807) is 29.2 Å². The minimum atomic E-state index is -0.239. The fourth-order valence-electron chi connectivity index (χ4n) is 2.77. The molecule has 0 unspecified atom stereocenters. The molecule has 0 atom stereocenters. The van der Waals surface area contributed by atoms with E-state index in [1.807, 2.05) is 19.9 Å². The number of amides is 4. The Morgan fingerprint density at radius 3 is 2.67 bits per heavy atom. The van der Waals surface area contributed by atoms with Gasteiger partial charge in [-0.1, -0.05) is 6.07 Å². The van der Waals surface area contributed by atoms with E-state index >= 15 is 0 Å². The average Bonchev–Trinajstić information content (AvgIpc) is 3.25. The molecule has 1 aliphatic rings. The maximum absolute atomic E-state index is 12.4. The van der Waals surface area contributed by atoms with Crippen molar-refractivity contribution < 1.29 is 14.4 Å². The van der Waals surface area contributed by atoms with Crippen LogP contribution in [-0.4, -0.2) is 48.9 Å². The number of nitrogens with zero attached hydrogens (tertiary/aromatic N) is 1. The molecule has 1 aliphatic heterocycles. The molecule has 0 saturated carbocycles. The van der Waals surface area contributed by atoms with Crippen LogP contribution in [0.1, 0.15) is 30.5 Å². The Kier molecular flexibility index (Phi) is 5.75. The van der Waals surface area contributed by atoms with Gasteiger partial charge in [0.05, 0.1) is 4.88 Å². The number of hydrogen-bond acceptors (Lipinski definition) is 4. The molecule has 27 heavy (non-hydrogen) atoms. The molecule has 4 amide bonds. The fourth-order valence-corrected chi connectivity index (χ4v) is 3.53. The number of anilines is 1. The van der Waals surface area contributed by atoms with Crippen LogP contribution in [0, 0.1) is 13.8 Å². The number of carbonyl (C=O) groups excluding carboxylic acids is 3. The second kappa shape index (κ2) is 8.22. The molecular formula is C19H22N4O3S. The van der Waals surface area contributed by atoms with E-state index in [0.29, 0.717) is 42.3 Å². The van der Waals surface area contributed by atoms with Gasteiger partial charge in [0.1, 0.15) is 0 Å². The molecule has 142 valence electrons. The Balaban J connectivity index is 1.60. The molecule has 3 rings (SSSR count). The molecule has 1 aromatic carbocycles. The Labute approximate surface area is 161 Å². The van der Waals surface area contributed by atoms with Crippen LogP contribution in [0.2, 0.25) is 0 Å². The fraction of sp³-hybridized carbons (Fsp3) is 0.316. The maximum Gasteiger partial charge on any atom is 0.317 e. The standard InChI is InChI=1S/C19H22N4O3S/c1-12-3-5-14(17(24)20-7-9-23-10-8-21-19(23)26)11-15(12)22-18(25)16-6-4-13(2)27-16/h3-6,11H,7-10H2,1-2H3,(H,20,24)(H,21,26)(H,22,25). The summed E-state index contributed by atoms with van der Waals surface area (Å²) in [5.74, 6) is -0.425. The first-order valence-electron chi connectivity index (χ1n) is 8.73. The summed E-state index contributed by atoms with van der Waals surface area (Å²) in [6.07, 6.45) is 0. The van der Waals surface area contributed by atoms with Crippen molar-refractivity contribution in [3.63, 3.8) is 0 Å². The van der Waals surface area contributed by atoms with Crippen molar-refractivity contribution in [2.75, 3.05) is 31.5 Å². The number of nitrogens with one attached hydrogen (secondary N) is 3. The molecule has 3 N–H and O–H groups in total. The molecule has 0 spiro atoms. The maximum atomic E-state index is 12.4. The molecule has 0 radical (unpaired) electrons. The Hall–Kier alpha value is -2.87. The molecule has 1 fully saturated rings. The largest absolute Gasteiger partial charge is 0.350 e. The second-order valence-corrected chi connectivity index (χ2v) is 7.66. The van der Waals surface area contributed by atoms with Gasteiger partial charge in [0.25, 0.3) is 11.8 Å². The number of rotatable bonds is 6. The molecule has 0 aliphatic carbocycles. The molecule has 2 heterocycles. The summed E-state index contributed by atoms with van der Waals surface area (Å²) in [7, 11) is 0. The monoisotopic (exact) mass is 386 g/mol. The zero-order valence-corrected chi connectivity index (χ0v) is 16.1. The summed E-state index contributed by atoms with van der Waals surface area (Å²) < 4.78 is 0. The van der Waals surface area contributed by atoms with Crippen molar-refractivity contribution in [1.82, 2.24) is 15.5 Å². The lowest BCUT2D eigenvalue weighted by molar-refractivity contribution is 0.0949. The number of thiophene rings is 1. The SMILES string of the molecule is Cc1ccc(C(=O)Nc2cc(C(=O)NCCN3CCNC3=O)ccc2C)s1. The second-order valence-electron chi connectivity index (χ2n) is 6.37. The summed E-state index contributed by atoms with van der Waals surface area (Å²) in [6.45, 7) is 5.95. The van der Waals surface area contributed by atoms with Gasteiger partial charge < -0.3 is 20.9 Å². The highest BCUT2D eigenvalue weighted by Gasteiger charge is 2.19. The van der Waals surface area contributed by atoms with E-state index in [0.717, 1.165) is 10.4 Å². The van der Waals surface area contributed by atoms with Gasteiger partial charge >= 0.3 is 6.03 Å². The smallest absolute Gasteiger partial charge is 0.317 e. The van der Waals surface area contributed by atoms with Crippen LogP contribution in [0.25, 0.3) is 0 Å². The van der Waals surface area contributed by atoms with E-state index in [1.165, 1.54) is 11.3 Å². The van der Waals surface area contributed by atoms with E-state index in [2.05, 4.69) is 16.0 Å². The third-order valence-corrected chi connectivity index (χ3v) is 5.32. The Bertz CT molecular complexity index is 878. The third kappa shape index (κ3) is 4.65. The van der Waals surface area contributed by atoms with Crippen LogP contribution in [0.5, 0.6) is 0 Å². The van der Waals surface area contributed by atoms with Crippen LogP contribution < -0.4 is 16.0 Å². The van der Waals surface area contributed by atoms with Gasteiger partial charge in [0.2, 0.25) is 0 Å². The van der Waals surface area contributed by atoms with Crippen LogP contribution in [0.3, 0.4) is 0 Å². The van der Waals surface area contributed by atoms with Crippen LogP contribution in [-0.2, 0) is 0 Å². The molecule has 7 nitrogen and oxygen atoms in total. The predicted molar refractivity (Wildman–Crippen MR) is 105 cm³/mol. The van der Waals surface area contributed by atoms with Crippen LogP contribution in [0.4, 0.5) is 10.5 Å². The number of aryl methyl sites for hydroxylation is 2. The predicted octanol–water partition coefficient (Wildman–Crippen LogP) is 2.37. The van der Waals surface area contributed by atoms with E-state index in [-0.39, 0.29) is 17.8 Å². The molecule has 0 bridgehead atoms. The van der Waals surface area contributed by atoms with Crippen molar-refractivity contribution in [2.24, 2.45) is 0 Å². The van der Waals surface area contributed by atoms with Gasteiger partial charge in [-0.15, -0.1) is 11.3 Å². The van der Waals surface area contributed by atoms with Gasteiger partial charge in [0.15, 0.2) is 0 Å². The van der Waals surface area contributed by atoms with Gasteiger partial charge in [-0.3, -0.25) is 9.59 Å². The Morgan fingerprint density at radius 2 is 2.00 bits per heavy atom. The summed E-state index contributed by atoms with van der Waals surface area (Å²) in [5.41, 5.74) is 1.95. The zero-order chi connectivity index (χ0) is 19.4. The lowest BCUT2D eigenvalue weighted by Gasteiger charge is -2.15. The number of hydrogen-bond donors (Lipinski definition) is 3. The normalized spacial score (nSPS) is 13.4. The van der Waals surface area contributed by atoms with Crippen molar-refractivity contribution in [3.8, 4) is 0 Å². The Morgan fingerprint density at radius 1 is 1.19 bits per heavy atom. The highest BCUT2D eigenvalue weighted by atomic mass is 32.1. The highest BCUT2D eigenvalue weighted by Crippen LogP contribution is 2.21. The number of carbonyl (C=O) groups is 3. The van der Waals surface area contributed by atoms with E-state index in [4.69, 9.17) is 0 Å². The quantitative estimate of drug-likeness (QED) is 0.712. The summed E-state index contributed by atoms with van der Waals surface area (Å²) in [4.78, 5) is 39.6. The van der Waals surface area contributed by atoms with Crippen LogP contribution >= 0.6 is 11.3 Å². The lowest BCUT2D eigenvalue weighted by Crippen LogP contribution is -2.36. The van der Waals surface area contributed by atoms with E-state index < -0.39 is 0 Å². The summed E-state index contributed by atoms with van der Waals surface area (Å²) in [5, 5.41) is 8.40. The van der Waals surface area contributed by atoms with Gasteiger partial charge in [-0.2, -0.15) is 0 Å². The first-order valence-corrected chi connectivity index (χ1v) is 9.55. The van der Waals surface area contributed by atoms with Crippen molar-refractivity contribution >= 4 is 34.9 Å².